The Balaban J connectivity index is 1.42. The number of nitrogens with two attached hydrogens (primary N) is 1. The molecule has 2 aromatic carbocycles. The molecule has 3 heterocycles. The second-order valence-corrected chi connectivity index (χ2v) is 9.93. The second kappa shape index (κ2) is 10.1. The first kappa shape index (κ1) is 26.3. The molecule has 0 radical (unpaired) electrons. The maximum atomic E-state index is 13.1. The van der Waals surface area contributed by atoms with Crippen LogP contribution in [0.25, 0.3) is 22.2 Å². The minimum Gasteiger partial charge on any atom is -0.406 e. The fourth-order valence-electron chi connectivity index (χ4n) is 4.83. The van der Waals surface area contributed by atoms with Gasteiger partial charge in [-0.2, -0.15) is 10.2 Å². The summed E-state index contributed by atoms with van der Waals surface area (Å²) < 4.78 is 43.3. The standard InChI is InChI=1S/C27H27F3N6O3/c1-15(2)8-11-36-24-22(25(31)32-33-26(24)38)23(34-36)18-6-7-20-17(14-18)9-10-35(20)21(37)13-16-4-3-5-19(12-16)39-27(28,29)30/h3-7,12,14-15H,8-11,13H2,1-2H3,(H2,31,32)(H,33,38). The Kier molecular flexibility index (Phi) is 6.79. The Labute approximate surface area is 221 Å². The van der Waals surface area contributed by atoms with Gasteiger partial charge in [0, 0.05) is 24.3 Å². The van der Waals surface area contributed by atoms with E-state index in [0.717, 1.165) is 23.2 Å². The molecule has 0 fully saturated rings. The second-order valence-electron chi connectivity index (χ2n) is 9.93. The molecule has 0 aliphatic carbocycles. The van der Waals surface area contributed by atoms with Crippen molar-refractivity contribution >= 4 is 28.3 Å². The molecule has 3 N–H and O–H groups in total. The zero-order valence-electron chi connectivity index (χ0n) is 21.4. The Morgan fingerprint density at radius 3 is 2.74 bits per heavy atom. The van der Waals surface area contributed by atoms with Crippen molar-refractivity contribution in [3.63, 3.8) is 0 Å². The predicted molar refractivity (Wildman–Crippen MR) is 140 cm³/mol. The van der Waals surface area contributed by atoms with Crippen LogP contribution in [0.4, 0.5) is 24.7 Å². The largest absolute Gasteiger partial charge is 0.573 e. The molecule has 204 valence electrons. The normalized spacial score (nSPS) is 13.3. The summed E-state index contributed by atoms with van der Waals surface area (Å²) in [5.74, 6) is -0.0282. The molecule has 4 aromatic rings. The van der Waals surface area contributed by atoms with Gasteiger partial charge in [0.15, 0.2) is 5.82 Å². The number of rotatable bonds is 7. The fraction of sp³-hybridized carbons (Fsp3) is 0.333. The van der Waals surface area contributed by atoms with Crippen LogP contribution in [0.3, 0.4) is 0 Å². The molecule has 0 saturated heterocycles. The van der Waals surface area contributed by atoms with E-state index in [-0.39, 0.29) is 29.5 Å². The zero-order chi connectivity index (χ0) is 27.9. The number of halogens is 3. The summed E-state index contributed by atoms with van der Waals surface area (Å²) in [5.41, 5.74) is 9.50. The molecule has 0 unspecified atom stereocenters. The molecule has 5 rings (SSSR count). The highest BCUT2D eigenvalue weighted by atomic mass is 19.4. The first-order valence-electron chi connectivity index (χ1n) is 12.5. The van der Waals surface area contributed by atoms with E-state index < -0.39 is 6.36 Å². The Morgan fingerprint density at radius 1 is 1.21 bits per heavy atom. The third-order valence-electron chi connectivity index (χ3n) is 6.66. The van der Waals surface area contributed by atoms with Crippen LogP contribution in [0.15, 0.2) is 47.3 Å². The number of hydrogen-bond acceptors (Lipinski definition) is 6. The lowest BCUT2D eigenvalue weighted by Gasteiger charge is -2.18. The molecule has 9 nitrogen and oxygen atoms in total. The lowest BCUT2D eigenvalue weighted by Crippen LogP contribution is -2.30. The first-order chi connectivity index (χ1) is 18.5. The number of carbonyl (C=O) groups excluding carboxylic acids is 1. The SMILES string of the molecule is CC(C)CCn1nc(-c2ccc3c(c2)CCN3C(=O)Cc2cccc(OC(F)(F)F)c2)c2c(N)n[nH]c(=O)c21. The van der Waals surface area contributed by atoms with Crippen LogP contribution in [0.2, 0.25) is 0 Å². The van der Waals surface area contributed by atoms with Crippen molar-refractivity contribution in [2.24, 2.45) is 5.92 Å². The van der Waals surface area contributed by atoms with Crippen LogP contribution >= 0.6 is 0 Å². The monoisotopic (exact) mass is 540 g/mol. The number of nitrogens with one attached hydrogen (secondary N) is 1. The summed E-state index contributed by atoms with van der Waals surface area (Å²) in [7, 11) is 0. The molecule has 0 bridgehead atoms. The fourth-order valence-corrected chi connectivity index (χ4v) is 4.83. The molecule has 1 amide bonds. The van der Waals surface area contributed by atoms with Gasteiger partial charge in [-0.25, -0.2) is 5.10 Å². The highest BCUT2D eigenvalue weighted by molar-refractivity contribution is 6.01. The van der Waals surface area contributed by atoms with E-state index in [2.05, 4.69) is 28.8 Å². The van der Waals surface area contributed by atoms with Gasteiger partial charge in [-0.05, 0) is 54.2 Å². The number of nitrogens with zero attached hydrogens (tertiary/aromatic N) is 4. The lowest BCUT2D eigenvalue weighted by atomic mass is 10.0. The predicted octanol–water partition coefficient (Wildman–Crippen LogP) is 4.45. The van der Waals surface area contributed by atoms with Crippen molar-refractivity contribution in [2.45, 2.75) is 46.0 Å². The highest BCUT2D eigenvalue weighted by Gasteiger charge is 2.31. The number of alkyl halides is 3. The van der Waals surface area contributed by atoms with Gasteiger partial charge in [-0.15, -0.1) is 13.2 Å². The van der Waals surface area contributed by atoms with Crippen molar-refractivity contribution in [3.05, 3.63) is 63.9 Å². The van der Waals surface area contributed by atoms with E-state index in [1.165, 1.54) is 18.2 Å². The number of hydrogen-bond donors (Lipinski definition) is 2. The number of fused-ring (bicyclic) bond motifs is 2. The molecule has 0 atom stereocenters. The molecule has 2 aromatic heterocycles. The number of aromatic amines is 1. The topological polar surface area (TPSA) is 119 Å². The maximum absolute atomic E-state index is 13.1. The summed E-state index contributed by atoms with van der Waals surface area (Å²) >= 11 is 0. The van der Waals surface area contributed by atoms with Gasteiger partial charge in [0.05, 0.1) is 11.8 Å². The summed E-state index contributed by atoms with van der Waals surface area (Å²) in [6.45, 7) is 5.16. The Bertz CT molecular complexity index is 1610. The van der Waals surface area contributed by atoms with Crippen LogP contribution in [-0.4, -0.2) is 38.8 Å². The Hall–Kier alpha value is -4.35. The van der Waals surface area contributed by atoms with E-state index in [4.69, 9.17) is 10.8 Å². The van der Waals surface area contributed by atoms with Gasteiger partial charge in [-0.1, -0.05) is 32.0 Å². The number of aromatic nitrogens is 4. The van der Waals surface area contributed by atoms with Crippen molar-refractivity contribution in [2.75, 3.05) is 17.2 Å². The van der Waals surface area contributed by atoms with Crippen molar-refractivity contribution < 1.29 is 22.7 Å². The van der Waals surface area contributed by atoms with Gasteiger partial charge in [0.2, 0.25) is 5.91 Å². The molecule has 0 spiro atoms. The number of ether oxygens (including phenoxy) is 1. The Morgan fingerprint density at radius 2 is 2.00 bits per heavy atom. The number of amides is 1. The van der Waals surface area contributed by atoms with Crippen LogP contribution in [0, 0.1) is 5.92 Å². The van der Waals surface area contributed by atoms with Crippen LogP contribution in [-0.2, 0) is 24.2 Å². The summed E-state index contributed by atoms with van der Waals surface area (Å²) in [5, 5.41) is 11.6. The molecular formula is C27H27F3N6O3. The number of carbonyl (C=O) groups is 1. The number of H-pyrrole nitrogens is 1. The van der Waals surface area contributed by atoms with E-state index in [1.54, 1.807) is 15.6 Å². The summed E-state index contributed by atoms with van der Waals surface area (Å²) in [6.07, 6.45) is -3.47. The van der Waals surface area contributed by atoms with Gasteiger partial charge in [0.1, 0.15) is 17.0 Å². The summed E-state index contributed by atoms with van der Waals surface area (Å²) in [4.78, 5) is 27.4. The van der Waals surface area contributed by atoms with Gasteiger partial charge in [-0.3, -0.25) is 14.3 Å². The van der Waals surface area contributed by atoms with E-state index >= 15 is 0 Å². The number of nitrogen functional groups attached to an aromatic ring is 1. The molecule has 39 heavy (non-hydrogen) atoms. The van der Waals surface area contributed by atoms with E-state index in [9.17, 15) is 22.8 Å². The van der Waals surface area contributed by atoms with Crippen LogP contribution < -0.4 is 20.9 Å². The van der Waals surface area contributed by atoms with Gasteiger partial charge >= 0.3 is 6.36 Å². The van der Waals surface area contributed by atoms with Crippen molar-refractivity contribution in [1.82, 2.24) is 20.0 Å². The number of aryl methyl sites for hydroxylation is 1. The van der Waals surface area contributed by atoms with E-state index in [1.807, 2.05) is 18.2 Å². The molecular weight excluding hydrogens is 513 g/mol. The highest BCUT2D eigenvalue weighted by Crippen LogP contribution is 2.36. The minimum atomic E-state index is -4.81. The molecule has 12 heteroatoms. The van der Waals surface area contributed by atoms with Crippen LogP contribution in [0.5, 0.6) is 5.75 Å². The smallest absolute Gasteiger partial charge is 0.406 e. The molecule has 1 aliphatic heterocycles. The maximum Gasteiger partial charge on any atom is 0.573 e. The minimum absolute atomic E-state index is 0.0773. The number of anilines is 2. The van der Waals surface area contributed by atoms with E-state index in [0.29, 0.717) is 47.6 Å². The third-order valence-corrected chi connectivity index (χ3v) is 6.66. The average Bonchev–Trinajstić information content (AvgIpc) is 3.46. The zero-order valence-corrected chi connectivity index (χ0v) is 21.4. The summed E-state index contributed by atoms with van der Waals surface area (Å²) in [6, 6.07) is 11.0. The first-order valence-corrected chi connectivity index (χ1v) is 12.5. The lowest BCUT2D eigenvalue weighted by molar-refractivity contribution is -0.274. The quantitative estimate of drug-likeness (QED) is 0.358. The van der Waals surface area contributed by atoms with Gasteiger partial charge < -0.3 is 15.4 Å². The molecule has 0 saturated carbocycles. The average molecular weight is 541 g/mol. The third kappa shape index (κ3) is 5.45. The van der Waals surface area contributed by atoms with Crippen molar-refractivity contribution in [1.29, 1.82) is 0 Å². The van der Waals surface area contributed by atoms with Crippen molar-refractivity contribution in [3.8, 4) is 17.0 Å². The van der Waals surface area contributed by atoms with Gasteiger partial charge in [0.25, 0.3) is 5.56 Å². The van der Waals surface area contributed by atoms with Crippen LogP contribution in [0.1, 0.15) is 31.4 Å². The number of benzene rings is 2. The molecule has 1 aliphatic rings.